The van der Waals surface area contributed by atoms with Gasteiger partial charge in [-0.25, -0.2) is 0 Å². The quantitative estimate of drug-likeness (QED) is 0.706. The number of nitrogens with one attached hydrogen (secondary N) is 1. The Labute approximate surface area is 117 Å². The van der Waals surface area contributed by atoms with Crippen LogP contribution in [0.1, 0.15) is 69.8 Å². The molecule has 0 aromatic heterocycles. The molecule has 1 aromatic rings. The highest BCUT2D eigenvalue weighted by Gasteiger charge is 2.26. The molecule has 1 aliphatic carbocycles. The van der Waals surface area contributed by atoms with Crippen LogP contribution in [-0.4, -0.2) is 6.04 Å². The Morgan fingerprint density at radius 1 is 1.05 bits per heavy atom. The lowest BCUT2D eigenvalue weighted by Crippen LogP contribution is -2.26. The number of hydrogen-bond acceptors (Lipinski definition) is 1. The van der Waals surface area contributed by atoms with E-state index < -0.39 is 0 Å². The molecule has 1 N–H and O–H groups in total. The Morgan fingerprint density at radius 2 is 1.79 bits per heavy atom. The zero-order valence-electron chi connectivity index (χ0n) is 12.2. The molecule has 0 radical (unpaired) electrons. The fraction of sp³-hybridized carbons (Fsp3) is 0.667. The predicted octanol–water partition coefficient (Wildman–Crippen LogP) is 5.33. The van der Waals surface area contributed by atoms with Gasteiger partial charge in [-0.05, 0) is 43.2 Å². The third kappa shape index (κ3) is 3.13. The molecule has 3 rings (SSSR count). The van der Waals surface area contributed by atoms with Crippen LogP contribution in [0.25, 0.3) is 0 Å². The van der Waals surface area contributed by atoms with Crippen LogP contribution < -0.4 is 5.32 Å². The fourth-order valence-electron chi connectivity index (χ4n) is 4.09. The Kier molecular flexibility index (Phi) is 4.10. The van der Waals surface area contributed by atoms with Gasteiger partial charge in [0.1, 0.15) is 0 Å². The normalized spacial score (nSPS) is 28.3. The van der Waals surface area contributed by atoms with Crippen molar-refractivity contribution in [1.29, 1.82) is 0 Å². The molecule has 2 atom stereocenters. The number of rotatable bonds is 2. The maximum absolute atomic E-state index is 3.64. The molecular weight excluding hydrogens is 230 g/mol. The maximum Gasteiger partial charge on any atom is 0.0377 e. The van der Waals surface area contributed by atoms with E-state index in [1.807, 2.05) is 0 Å². The average Bonchev–Trinajstić information content (AvgIpc) is 2.67. The van der Waals surface area contributed by atoms with E-state index in [2.05, 4.69) is 36.5 Å². The monoisotopic (exact) mass is 257 g/mol. The zero-order valence-corrected chi connectivity index (χ0v) is 12.2. The van der Waals surface area contributed by atoms with E-state index in [9.17, 15) is 0 Å². The van der Waals surface area contributed by atoms with Crippen LogP contribution in [-0.2, 0) is 0 Å². The SMILES string of the molecule is CC1CC(CC2CCCCCC2)c2ccccc2N1. The minimum Gasteiger partial charge on any atom is -0.382 e. The minimum absolute atomic E-state index is 0.630. The summed E-state index contributed by atoms with van der Waals surface area (Å²) >= 11 is 0. The molecule has 104 valence electrons. The summed E-state index contributed by atoms with van der Waals surface area (Å²) < 4.78 is 0. The van der Waals surface area contributed by atoms with E-state index in [-0.39, 0.29) is 0 Å². The van der Waals surface area contributed by atoms with Gasteiger partial charge >= 0.3 is 0 Å². The van der Waals surface area contributed by atoms with Crippen LogP contribution >= 0.6 is 0 Å². The summed E-state index contributed by atoms with van der Waals surface area (Å²) in [5.41, 5.74) is 2.96. The van der Waals surface area contributed by atoms with Crippen molar-refractivity contribution in [2.24, 2.45) is 5.92 Å². The number of anilines is 1. The maximum atomic E-state index is 3.64. The number of benzene rings is 1. The van der Waals surface area contributed by atoms with E-state index in [1.165, 1.54) is 57.1 Å². The van der Waals surface area contributed by atoms with E-state index in [0.29, 0.717) is 6.04 Å². The van der Waals surface area contributed by atoms with E-state index in [0.717, 1.165) is 11.8 Å². The lowest BCUT2D eigenvalue weighted by atomic mass is 9.79. The van der Waals surface area contributed by atoms with Crippen molar-refractivity contribution in [3.8, 4) is 0 Å². The van der Waals surface area contributed by atoms with Crippen LogP contribution in [0, 0.1) is 5.92 Å². The molecule has 0 amide bonds. The highest BCUT2D eigenvalue weighted by atomic mass is 14.9. The van der Waals surface area contributed by atoms with Crippen LogP contribution in [0.15, 0.2) is 24.3 Å². The average molecular weight is 257 g/mol. The number of para-hydroxylation sites is 1. The molecule has 1 fully saturated rings. The summed E-state index contributed by atoms with van der Waals surface area (Å²) in [6, 6.07) is 9.59. The second-order valence-corrected chi connectivity index (χ2v) is 6.66. The summed E-state index contributed by atoms with van der Waals surface area (Å²) in [6.45, 7) is 2.33. The van der Waals surface area contributed by atoms with Crippen LogP contribution in [0.2, 0.25) is 0 Å². The highest BCUT2D eigenvalue weighted by molar-refractivity contribution is 5.55. The van der Waals surface area contributed by atoms with Crippen LogP contribution in [0.5, 0.6) is 0 Å². The largest absolute Gasteiger partial charge is 0.382 e. The van der Waals surface area contributed by atoms with Gasteiger partial charge < -0.3 is 5.32 Å². The topological polar surface area (TPSA) is 12.0 Å². The molecule has 1 nitrogen and oxygen atoms in total. The molecule has 2 unspecified atom stereocenters. The summed E-state index contributed by atoms with van der Waals surface area (Å²) in [5, 5.41) is 3.64. The van der Waals surface area contributed by atoms with Crippen molar-refractivity contribution in [3.05, 3.63) is 29.8 Å². The van der Waals surface area contributed by atoms with Crippen molar-refractivity contribution < 1.29 is 0 Å². The van der Waals surface area contributed by atoms with Gasteiger partial charge in [-0.3, -0.25) is 0 Å². The van der Waals surface area contributed by atoms with Gasteiger partial charge in [-0.1, -0.05) is 56.7 Å². The Balaban J connectivity index is 1.73. The van der Waals surface area contributed by atoms with Crippen molar-refractivity contribution in [1.82, 2.24) is 0 Å². The van der Waals surface area contributed by atoms with E-state index >= 15 is 0 Å². The van der Waals surface area contributed by atoms with Gasteiger partial charge in [-0.2, -0.15) is 0 Å². The number of hydrogen-bond donors (Lipinski definition) is 1. The summed E-state index contributed by atoms with van der Waals surface area (Å²) in [5.74, 6) is 1.77. The van der Waals surface area contributed by atoms with Crippen LogP contribution in [0.4, 0.5) is 5.69 Å². The minimum atomic E-state index is 0.630. The zero-order chi connectivity index (χ0) is 13.1. The lowest BCUT2D eigenvalue weighted by Gasteiger charge is -2.33. The predicted molar refractivity (Wildman–Crippen MR) is 82.7 cm³/mol. The standard InChI is InChI=1S/C18H27N/c1-14-12-16(13-15-8-4-2-3-5-9-15)17-10-6-7-11-18(17)19-14/h6-7,10-11,14-16,19H,2-5,8-9,12-13H2,1H3. The first-order valence-electron chi connectivity index (χ1n) is 8.18. The molecule has 2 aliphatic rings. The summed E-state index contributed by atoms with van der Waals surface area (Å²) in [7, 11) is 0. The molecule has 1 aliphatic heterocycles. The molecule has 0 saturated heterocycles. The van der Waals surface area contributed by atoms with Gasteiger partial charge in [-0.15, -0.1) is 0 Å². The Bertz CT molecular complexity index is 404. The molecule has 1 aromatic carbocycles. The molecule has 19 heavy (non-hydrogen) atoms. The second-order valence-electron chi connectivity index (χ2n) is 6.66. The van der Waals surface area contributed by atoms with Crippen molar-refractivity contribution in [2.45, 2.75) is 70.3 Å². The van der Waals surface area contributed by atoms with E-state index in [4.69, 9.17) is 0 Å². The molecule has 1 saturated carbocycles. The van der Waals surface area contributed by atoms with Gasteiger partial charge in [0.2, 0.25) is 0 Å². The highest BCUT2D eigenvalue weighted by Crippen LogP contribution is 2.40. The summed E-state index contributed by atoms with van der Waals surface area (Å²) in [6.07, 6.45) is 11.5. The third-order valence-corrected chi connectivity index (χ3v) is 5.03. The lowest BCUT2D eigenvalue weighted by molar-refractivity contribution is 0.368. The Morgan fingerprint density at radius 3 is 2.58 bits per heavy atom. The molecular formula is C18H27N. The Hall–Kier alpha value is -0.980. The van der Waals surface area contributed by atoms with Gasteiger partial charge in [0, 0.05) is 11.7 Å². The smallest absolute Gasteiger partial charge is 0.0377 e. The van der Waals surface area contributed by atoms with Crippen molar-refractivity contribution in [2.75, 3.05) is 5.32 Å². The van der Waals surface area contributed by atoms with Crippen molar-refractivity contribution >= 4 is 5.69 Å². The molecule has 0 bridgehead atoms. The molecule has 1 heterocycles. The van der Waals surface area contributed by atoms with Gasteiger partial charge in [0.25, 0.3) is 0 Å². The third-order valence-electron chi connectivity index (χ3n) is 5.03. The van der Waals surface area contributed by atoms with Crippen LogP contribution in [0.3, 0.4) is 0 Å². The molecule has 0 spiro atoms. The number of fused-ring (bicyclic) bond motifs is 1. The second kappa shape index (κ2) is 5.98. The first-order chi connectivity index (χ1) is 9.33. The first-order valence-corrected chi connectivity index (χ1v) is 8.18. The fourth-order valence-corrected chi connectivity index (χ4v) is 4.09. The molecule has 1 heteroatoms. The van der Waals surface area contributed by atoms with Gasteiger partial charge in [0.05, 0.1) is 0 Å². The first kappa shape index (κ1) is 13.0. The summed E-state index contributed by atoms with van der Waals surface area (Å²) in [4.78, 5) is 0. The van der Waals surface area contributed by atoms with Gasteiger partial charge in [0.15, 0.2) is 0 Å². The van der Waals surface area contributed by atoms with E-state index in [1.54, 1.807) is 5.56 Å². The van der Waals surface area contributed by atoms with Crippen molar-refractivity contribution in [3.63, 3.8) is 0 Å².